The summed E-state index contributed by atoms with van der Waals surface area (Å²) in [5.41, 5.74) is 0.182. The van der Waals surface area contributed by atoms with Crippen LogP contribution in [0.4, 0.5) is 0 Å². The lowest BCUT2D eigenvalue weighted by molar-refractivity contribution is -0.132. The van der Waals surface area contributed by atoms with Crippen molar-refractivity contribution >= 4 is 11.9 Å². The molecule has 1 atom stereocenters. The van der Waals surface area contributed by atoms with E-state index >= 15 is 0 Å². The Hall–Kier alpha value is -1.30. The van der Waals surface area contributed by atoms with Crippen LogP contribution in [0.25, 0.3) is 0 Å². The van der Waals surface area contributed by atoms with E-state index in [0.717, 1.165) is 45.2 Å². The second-order valence-electron chi connectivity index (χ2n) is 6.15. The van der Waals surface area contributed by atoms with E-state index in [1.165, 1.54) is 0 Å². The van der Waals surface area contributed by atoms with Crippen LogP contribution in [0.1, 0.15) is 26.7 Å². The smallest absolute Gasteiger partial charge is 0.222 e. The summed E-state index contributed by atoms with van der Waals surface area (Å²) in [5, 5.41) is 6.70. The first-order chi connectivity index (χ1) is 9.52. The van der Waals surface area contributed by atoms with Gasteiger partial charge in [-0.1, -0.05) is 6.92 Å². The molecule has 2 aliphatic heterocycles. The Morgan fingerprint density at radius 1 is 1.55 bits per heavy atom. The second-order valence-corrected chi connectivity index (χ2v) is 6.15. The molecule has 0 aromatic carbocycles. The van der Waals surface area contributed by atoms with E-state index in [1.807, 2.05) is 7.05 Å². The van der Waals surface area contributed by atoms with Crippen LogP contribution in [0.2, 0.25) is 0 Å². The molecule has 1 amide bonds. The molecule has 0 aliphatic carbocycles. The predicted molar refractivity (Wildman–Crippen MR) is 78.7 cm³/mol. The zero-order valence-electron chi connectivity index (χ0n) is 12.7. The number of nitrogens with one attached hydrogen (secondary N) is 2. The Kier molecular flexibility index (Phi) is 4.86. The van der Waals surface area contributed by atoms with E-state index in [1.54, 1.807) is 4.90 Å². The summed E-state index contributed by atoms with van der Waals surface area (Å²) < 4.78 is 5.25. The van der Waals surface area contributed by atoms with Gasteiger partial charge >= 0.3 is 0 Å². The lowest BCUT2D eigenvalue weighted by Gasteiger charge is -2.37. The Morgan fingerprint density at radius 3 is 2.85 bits per heavy atom. The number of hydrogen-bond acceptors (Lipinski definition) is 3. The number of likely N-dealkylation sites (N-methyl/N-ethyl adjacent to an activating group) is 1. The average Bonchev–Trinajstić information content (AvgIpc) is 2.38. The third-order valence-electron chi connectivity index (χ3n) is 3.83. The predicted octanol–water partition coefficient (Wildman–Crippen LogP) is 0.199. The third-order valence-corrected chi connectivity index (χ3v) is 3.83. The van der Waals surface area contributed by atoms with Crippen molar-refractivity contribution in [2.45, 2.75) is 32.7 Å². The van der Waals surface area contributed by atoms with E-state index in [9.17, 15) is 4.79 Å². The van der Waals surface area contributed by atoms with Gasteiger partial charge in [-0.3, -0.25) is 9.79 Å². The molecule has 0 saturated carbocycles. The SMILES string of the molecule is CCNC(=NCC1(C)COC1)NC1CCC(=O)N(C)C1. The fourth-order valence-corrected chi connectivity index (χ4v) is 2.46. The highest BCUT2D eigenvalue weighted by molar-refractivity contribution is 5.81. The molecule has 0 spiro atoms. The summed E-state index contributed by atoms with van der Waals surface area (Å²) in [4.78, 5) is 17.9. The number of nitrogens with zero attached hydrogens (tertiary/aromatic N) is 2. The molecule has 0 bridgehead atoms. The van der Waals surface area contributed by atoms with Gasteiger partial charge in [0.25, 0.3) is 0 Å². The van der Waals surface area contributed by atoms with Crippen LogP contribution in [-0.2, 0) is 9.53 Å². The lowest BCUT2D eigenvalue weighted by atomic mass is 9.89. The molecular formula is C14H26N4O2. The largest absolute Gasteiger partial charge is 0.380 e. The van der Waals surface area contributed by atoms with E-state index in [2.05, 4.69) is 29.5 Å². The Bertz CT molecular complexity index is 379. The summed E-state index contributed by atoms with van der Waals surface area (Å²) in [6, 6.07) is 0.279. The third kappa shape index (κ3) is 3.85. The molecule has 2 heterocycles. The lowest BCUT2D eigenvalue weighted by Crippen LogP contribution is -2.52. The zero-order valence-corrected chi connectivity index (χ0v) is 12.7. The topological polar surface area (TPSA) is 66.0 Å². The normalized spacial score (nSPS) is 26.1. The minimum Gasteiger partial charge on any atom is -0.380 e. The number of carbonyl (C=O) groups excluding carboxylic acids is 1. The van der Waals surface area contributed by atoms with Crippen molar-refractivity contribution in [3.63, 3.8) is 0 Å². The molecule has 0 aromatic rings. The number of carbonyl (C=O) groups is 1. The van der Waals surface area contributed by atoms with Crippen LogP contribution in [0.3, 0.4) is 0 Å². The van der Waals surface area contributed by atoms with Gasteiger partial charge in [-0.15, -0.1) is 0 Å². The minimum absolute atomic E-state index is 0.182. The van der Waals surface area contributed by atoms with Crippen molar-refractivity contribution in [3.05, 3.63) is 0 Å². The highest BCUT2D eigenvalue weighted by atomic mass is 16.5. The molecule has 1 unspecified atom stereocenters. The van der Waals surface area contributed by atoms with Crippen molar-refractivity contribution in [1.29, 1.82) is 0 Å². The van der Waals surface area contributed by atoms with E-state index < -0.39 is 0 Å². The zero-order chi connectivity index (χ0) is 14.6. The monoisotopic (exact) mass is 282 g/mol. The van der Waals surface area contributed by atoms with E-state index in [0.29, 0.717) is 6.42 Å². The number of aliphatic imine (C=N–C) groups is 1. The molecule has 2 rings (SSSR count). The van der Waals surface area contributed by atoms with Crippen molar-refractivity contribution in [3.8, 4) is 0 Å². The van der Waals surface area contributed by atoms with Gasteiger partial charge in [0.15, 0.2) is 5.96 Å². The Balaban J connectivity index is 1.88. The van der Waals surface area contributed by atoms with Crippen molar-refractivity contribution in [1.82, 2.24) is 15.5 Å². The molecule has 114 valence electrons. The number of guanidine groups is 1. The number of hydrogen-bond donors (Lipinski definition) is 2. The van der Waals surface area contributed by atoms with Gasteiger partial charge in [-0.25, -0.2) is 0 Å². The van der Waals surface area contributed by atoms with Crippen LogP contribution in [0.5, 0.6) is 0 Å². The van der Waals surface area contributed by atoms with Gasteiger partial charge in [0.05, 0.1) is 19.8 Å². The summed E-state index contributed by atoms with van der Waals surface area (Å²) in [6.45, 7) is 8.17. The maximum absolute atomic E-state index is 11.5. The highest BCUT2D eigenvalue weighted by Gasteiger charge is 2.33. The van der Waals surface area contributed by atoms with Gasteiger partial charge < -0.3 is 20.3 Å². The Labute approximate surface area is 121 Å². The summed E-state index contributed by atoms with van der Waals surface area (Å²) in [5.74, 6) is 1.07. The van der Waals surface area contributed by atoms with Crippen molar-refractivity contribution in [2.24, 2.45) is 10.4 Å². The molecule has 2 N–H and O–H groups in total. The minimum atomic E-state index is 0.182. The van der Waals surface area contributed by atoms with Crippen LogP contribution in [-0.4, -0.2) is 62.7 Å². The molecule has 2 saturated heterocycles. The van der Waals surface area contributed by atoms with Crippen LogP contribution in [0.15, 0.2) is 4.99 Å². The Morgan fingerprint density at radius 2 is 2.30 bits per heavy atom. The van der Waals surface area contributed by atoms with Crippen molar-refractivity contribution < 1.29 is 9.53 Å². The van der Waals surface area contributed by atoms with Gasteiger partial charge in [-0.2, -0.15) is 0 Å². The molecule has 20 heavy (non-hydrogen) atoms. The first-order valence-corrected chi connectivity index (χ1v) is 7.39. The maximum Gasteiger partial charge on any atom is 0.222 e. The number of piperidine rings is 1. The van der Waals surface area contributed by atoms with Crippen LogP contribution >= 0.6 is 0 Å². The van der Waals surface area contributed by atoms with E-state index in [4.69, 9.17) is 4.74 Å². The molecule has 0 aromatic heterocycles. The maximum atomic E-state index is 11.5. The summed E-state index contributed by atoms with van der Waals surface area (Å²) >= 11 is 0. The average molecular weight is 282 g/mol. The van der Waals surface area contributed by atoms with Gasteiger partial charge in [0.2, 0.25) is 5.91 Å². The fourth-order valence-electron chi connectivity index (χ4n) is 2.46. The van der Waals surface area contributed by atoms with Gasteiger partial charge in [0, 0.05) is 38.0 Å². The highest BCUT2D eigenvalue weighted by Crippen LogP contribution is 2.26. The van der Waals surface area contributed by atoms with Crippen LogP contribution in [0, 0.1) is 5.41 Å². The van der Waals surface area contributed by atoms with Gasteiger partial charge in [0.1, 0.15) is 0 Å². The second kappa shape index (κ2) is 6.43. The summed E-state index contributed by atoms with van der Waals surface area (Å²) in [6.07, 6.45) is 1.48. The first kappa shape index (κ1) is 15.1. The molecule has 6 nitrogen and oxygen atoms in total. The van der Waals surface area contributed by atoms with Crippen molar-refractivity contribution in [2.75, 3.05) is 39.9 Å². The quantitative estimate of drug-likeness (QED) is 0.571. The molecule has 2 fully saturated rings. The summed E-state index contributed by atoms with van der Waals surface area (Å²) in [7, 11) is 1.85. The van der Waals surface area contributed by atoms with Gasteiger partial charge in [-0.05, 0) is 13.3 Å². The molecular weight excluding hydrogens is 256 g/mol. The number of rotatable bonds is 4. The van der Waals surface area contributed by atoms with Crippen LogP contribution < -0.4 is 10.6 Å². The number of likely N-dealkylation sites (tertiary alicyclic amines) is 1. The number of ether oxygens (including phenoxy) is 1. The number of amides is 1. The molecule has 2 aliphatic rings. The molecule has 6 heteroatoms. The fraction of sp³-hybridized carbons (Fsp3) is 0.857. The standard InChI is InChI=1S/C14H26N4O2/c1-4-15-13(16-8-14(2)9-20-10-14)17-11-5-6-12(19)18(3)7-11/h11H,4-10H2,1-3H3,(H2,15,16,17). The first-order valence-electron chi connectivity index (χ1n) is 7.39. The van der Waals surface area contributed by atoms with E-state index in [-0.39, 0.29) is 17.4 Å². The molecule has 0 radical (unpaired) electrons.